The van der Waals surface area contributed by atoms with Gasteiger partial charge in [-0.15, -0.1) is 0 Å². The molecule has 1 aromatic rings. The van der Waals surface area contributed by atoms with Crippen molar-refractivity contribution in [3.63, 3.8) is 0 Å². The van der Waals surface area contributed by atoms with Crippen LogP contribution in [0, 0.1) is 18.8 Å². The summed E-state index contributed by atoms with van der Waals surface area (Å²) in [5.41, 5.74) is 2.49. The Morgan fingerprint density at radius 1 is 1.28 bits per heavy atom. The SMILES string of the molecule is Cc1ccc(Cl)cc1NC1CCCC(C(C)C)C1. The van der Waals surface area contributed by atoms with E-state index in [1.807, 2.05) is 6.07 Å². The summed E-state index contributed by atoms with van der Waals surface area (Å²) in [6, 6.07) is 6.71. The average Bonchev–Trinajstić information content (AvgIpc) is 2.34. The molecule has 1 saturated carbocycles. The number of aryl methyl sites for hydroxylation is 1. The number of halogens is 1. The van der Waals surface area contributed by atoms with E-state index in [-0.39, 0.29) is 0 Å². The van der Waals surface area contributed by atoms with Crippen LogP contribution in [0.25, 0.3) is 0 Å². The number of rotatable bonds is 3. The third-order valence-corrected chi connectivity index (χ3v) is 4.45. The molecule has 1 fully saturated rings. The maximum Gasteiger partial charge on any atom is 0.0426 e. The van der Waals surface area contributed by atoms with Crippen LogP contribution in [0.15, 0.2) is 18.2 Å². The lowest BCUT2D eigenvalue weighted by molar-refractivity contribution is 0.264. The van der Waals surface area contributed by atoms with Crippen LogP contribution < -0.4 is 5.32 Å². The predicted molar refractivity (Wildman–Crippen MR) is 80.4 cm³/mol. The molecular formula is C16H24ClN. The Hall–Kier alpha value is -0.690. The fourth-order valence-corrected chi connectivity index (χ4v) is 3.11. The molecule has 100 valence electrons. The molecule has 0 amide bonds. The molecule has 1 nitrogen and oxygen atoms in total. The maximum absolute atomic E-state index is 6.07. The summed E-state index contributed by atoms with van der Waals surface area (Å²) in [7, 11) is 0. The third kappa shape index (κ3) is 3.41. The van der Waals surface area contributed by atoms with Crippen LogP contribution in [0.2, 0.25) is 5.02 Å². The molecule has 2 heteroatoms. The zero-order valence-electron chi connectivity index (χ0n) is 11.7. The van der Waals surface area contributed by atoms with Crippen LogP contribution in [0.5, 0.6) is 0 Å². The molecule has 0 heterocycles. The van der Waals surface area contributed by atoms with E-state index >= 15 is 0 Å². The highest BCUT2D eigenvalue weighted by Gasteiger charge is 2.24. The summed E-state index contributed by atoms with van der Waals surface area (Å²) in [6.45, 7) is 6.83. The van der Waals surface area contributed by atoms with Gasteiger partial charge in [-0.05, 0) is 49.3 Å². The average molecular weight is 266 g/mol. The number of anilines is 1. The standard InChI is InChI=1S/C16H24ClN/c1-11(2)13-5-4-6-15(9-13)18-16-10-14(17)8-7-12(16)3/h7-8,10-11,13,15,18H,4-6,9H2,1-3H3. The minimum absolute atomic E-state index is 0.614. The van der Waals surface area contributed by atoms with Crippen LogP contribution in [-0.4, -0.2) is 6.04 Å². The molecule has 0 aliphatic heterocycles. The van der Waals surface area contributed by atoms with Gasteiger partial charge in [0, 0.05) is 16.8 Å². The molecular weight excluding hydrogens is 242 g/mol. The molecule has 2 atom stereocenters. The van der Waals surface area contributed by atoms with E-state index in [4.69, 9.17) is 11.6 Å². The molecule has 0 spiro atoms. The first-order valence-corrected chi connectivity index (χ1v) is 7.46. The van der Waals surface area contributed by atoms with Crippen molar-refractivity contribution in [2.45, 2.75) is 52.5 Å². The summed E-state index contributed by atoms with van der Waals surface area (Å²) in [6.07, 6.45) is 5.32. The van der Waals surface area contributed by atoms with Crippen molar-refractivity contribution >= 4 is 17.3 Å². The van der Waals surface area contributed by atoms with Crippen LogP contribution in [-0.2, 0) is 0 Å². The van der Waals surface area contributed by atoms with E-state index in [9.17, 15) is 0 Å². The molecule has 0 bridgehead atoms. The zero-order chi connectivity index (χ0) is 13.1. The summed E-state index contributed by atoms with van der Waals surface area (Å²) in [5.74, 6) is 1.67. The van der Waals surface area contributed by atoms with Gasteiger partial charge in [-0.1, -0.05) is 44.4 Å². The largest absolute Gasteiger partial charge is 0.382 e. The van der Waals surface area contributed by atoms with Crippen molar-refractivity contribution in [3.8, 4) is 0 Å². The van der Waals surface area contributed by atoms with Gasteiger partial charge < -0.3 is 5.32 Å². The second kappa shape index (κ2) is 5.97. The molecule has 2 rings (SSSR count). The van der Waals surface area contributed by atoms with Crippen molar-refractivity contribution in [1.29, 1.82) is 0 Å². The molecule has 18 heavy (non-hydrogen) atoms. The summed E-state index contributed by atoms with van der Waals surface area (Å²) < 4.78 is 0. The van der Waals surface area contributed by atoms with Crippen LogP contribution in [0.4, 0.5) is 5.69 Å². The lowest BCUT2D eigenvalue weighted by Crippen LogP contribution is -2.29. The van der Waals surface area contributed by atoms with E-state index in [2.05, 4.69) is 38.2 Å². The predicted octanol–water partition coefficient (Wildman–Crippen LogP) is 5.28. The number of hydrogen-bond donors (Lipinski definition) is 1. The first kappa shape index (κ1) is 13.7. The van der Waals surface area contributed by atoms with Gasteiger partial charge in [-0.2, -0.15) is 0 Å². The fraction of sp³-hybridized carbons (Fsp3) is 0.625. The van der Waals surface area contributed by atoms with Crippen molar-refractivity contribution < 1.29 is 0 Å². The second-order valence-electron chi connectivity index (χ2n) is 5.97. The van der Waals surface area contributed by atoms with Crippen molar-refractivity contribution in [2.24, 2.45) is 11.8 Å². The minimum Gasteiger partial charge on any atom is -0.382 e. The van der Waals surface area contributed by atoms with Gasteiger partial charge in [0.15, 0.2) is 0 Å². The first-order chi connectivity index (χ1) is 8.56. The smallest absolute Gasteiger partial charge is 0.0426 e. The zero-order valence-corrected chi connectivity index (χ0v) is 12.4. The highest BCUT2D eigenvalue weighted by molar-refractivity contribution is 6.30. The van der Waals surface area contributed by atoms with Gasteiger partial charge in [0.05, 0.1) is 0 Å². The van der Waals surface area contributed by atoms with Crippen LogP contribution >= 0.6 is 11.6 Å². The summed E-state index contributed by atoms with van der Waals surface area (Å²) in [5, 5.41) is 4.51. The topological polar surface area (TPSA) is 12.0 Å². The molecule has 0 saturated heterocycles. The molecule has 0 aromatic heterocycles. The summed E-state index contributed by atoms with van der Waals surface area (Å²) in [4.78, 5) is 0. The summed E-state index contributed by atoms with van der Waals surface area (Å²) >= 11 is 6.07. The van der Waals surface area contributed by atoms with E-state index in [0.29, 0.717) is 6.04 Å². The number of nitrogens with one attached hydrogen (secondary N) is 1. The van der Waals surface area contributed by atoms with Gasteiger partial charge in [-0.3, -0.25) is 0 Å². The van der Waals surface area contributed by atoms with E-state index in [0.717, 1.165) is 16.9 Å². The Balaban J connectivity index is 2.02. The minimum atomic E-state index is 0.614. The normalized spacial score (nSPS) is 24.3. The Labute approximate surface area is 116 Å². The van der Waals surface area contributed by atoms with Gasteiger partial charge in [0.2, 0.25) is 0 Å². The molecule has 1 aromatic carbocycles. The molecule has 2 unspecified atom stereocenters. The van der Waals surface area contributed by atoms with Gasteiger partial charge in [0.25, 0.3) is 0 Å². The van der Waals surface area contributed by atoms with Gasteiger partial charge in [-0.25, -0.2) is 0 Å². The molecule has 1 aliphatic rings. The maximum atomic E-state index is 6.07. The molecule has 0 radical (unpaired) electrons. The lowest BCUT2D eigenvalue weighted by atomic mass is 9.79. The monoisotopic (exact) mass is 265 g/mol. The number of hydrogen-bond acceptors (Lipinski definition) is 1. The Morgan fingerprint density at radius 3 is 2.78 bits per heavy atom. The van der Waals surface area contributed by atoms with Gasteiger partial charge >= 0.3 is 0 Å². The molecule has 1 aliphatic carbocycles. The van der Waals surface area contributed by atoms with Crippen LogP contribution in [0.1, 0.15) is 45.1 Å². The van der Waals surface area contributed by atoms with E-state index < -0.39 is 0 Å². The lowest BCUT2D eigenvalue weighted by Gasteiger charge is -2.33. The van der Waals surface area contributed by atoms with E-state index in [1.165, 1.54) is 36.9 Å². The van der Waals surface area contributed by atoms with Crippen molar-refractivity contribution in [2.75, 3.05) is 5.32 Å². The van der Waals surface area contributed by atoms with E-state index in [1.54, 1.807) is 0 Å². The van der Waals surface area contributed by atoms with Crippen LogP contribution in [0.3, 0.4) is 0 Å². The Morgan fingerprint density at radius 2 is 2.06 bits per heavy atom. The Kier molecular flexibility index (Phi) is 4.55. The third-order valence-electron chi connectivity index (χ3n) is 4.22. The Bertz CT molecular complexity index is 400. The highest BCUT2D eigenvalue weighted by atomic mass is 35.5. The quantitative estimate of drug-likeness (QED) is 0.785. The number of benzene rings is 1. The first-order valence-electron chi connectivity index (χ1n) is 7.09. The fourth-order valence-electron chi connectivity index (χ4n) is 2.93. The molecule has 1 N–H and O–H groups in total. The highest BCUT2D eigenvalue weighted by Crippen LogP contribution is 2.32. The van der Waals surface area contributed by atoms with Crippen molar-refractivity contribution in [1.82, 2.24) is 0 Å². The second-order valence-corrected chi connectivity index (χ2v) is 6.41. The van der Waals surface area contributed by atoms with Crippen molar-refractivity contribution in [3.05, 3.63) is 28.8 Å². The van der Waals surface area contributed by atoms with Gasteiger partial charge in [0.1, 0.15) is 0 Å².